The van der Waals surface area contributed by atoms with Crippen LogP contribution in [0.1, 0.15) is 44.7 Å². The van der Waals surface area contributed by atoms with Crippen molar-refractivity contribution in [2.24, 2.45) is 29.6 Å². The van der Waals surface area contributed by atoms with Crippen LogP contribution in [-0.2, 0) is 9.53 Å². The van der Waals surface area contributed by atoms with Gasteiger partial charge in [0.15, 0.2) is 0 Å². The molecule has 0 amide bonds. The van der Waals surface area contributed by atoms with Gasteiger partial charge in [-0.25, -0.2) is 4.39 Å². The van der Waals surface area contributed by atoms with Crippen molar-refractivity contribution in [3.05, 3.63) is 60.2 Å². The van der Waals surface area contributed by atoms with E-state index in [0.717, 1.165) is 23.2 Å². The highest BCUT2D eigenvalue weighted by Crippen LogP contribution is 2.53. The molecule has 2 heterocycles. The molecule has 0 radical (unpaired) electrons. The van der Waals surface area contributed by atoms with Crippen LogP contribution in [0.5, 0.6) is 0 Å². The average molecular weight is 406 g/mol. The van der Waals surface area contributed by atoms with Crippen LogP contribution in [0.3, 0.4) is 0 Å². The summed E-state index contributed by atoms with van der Waals surface area (Å²) in [5.74, 6) is 1.73. The average Bonchev–Trinajstić information content (AvgIpc) is 3.05. The third-order valence-corrected chi connectivity index (χ3v) is 7.51. The molecule has 0 N–H and O–H groups in total. The summed E-state index contributed by atoms with van der Waals surface area (Å²) >= 11 is 0. The molecular weight excluding hydrogens is 377 g/mol. The predicted molar refractivity (Wildman–Crippen MR) is 115 cm³/mol. The first kappa shape index (κ1) is 19.5. The Morgan fingerprint density at radius 2 is 2.00 bits per heavy atom. The van der Waals surface area contributed by atoms with Crippen LogP contribution in [0.4, 0.5) is 4.39 Å². The van der Waals surface area contributed by atoms with E-state index in [0.29, 0.717) is 17.8 Å². The molecule has 2 aliphatic carbocycles. The fourth-order valence-electron chi connectivity index (χ4n) is 6.14. The number of rotatable bonds is 3. The summed E-state index contributed by atoms with van der Waals surface area (Å²) in [5, 5.41) is 0. The third kappa shape index (κ3) is 3.57. The number of pyridine rings is 1. The molecular formula is C26H28FNO2. The molecule has 3 fully saturated rings. The van der Waals surface area contributed by atoms with Crippen molar-refractivity contribution in [3.63, 3.8) is 0 Å². The van der Waals surface area contributed by atoms with Crippen LogP contribution in [-0.4, -0.2) is 17.1 Å². The largest absolute Gasteiger partial charge is 0.462 e. The number of aromatic nitrogens is 1. The van der Waals surface area contributed by atoms with E-state index in [1.54, 1.807) is 12.3 Å². The maximum atomic E-state index is 13.5. The number of ether oxygens (including phenoxy) is 1. The molecule has 1 aromatic carbocycles. The van der Waals surface area contributed by atoms with E-state index in [1.807, 2.05) is 18.2 Å². The SMILES string of the molecule is C[C@H]1OC(=O)[C@@H]2C[C@@H]3CCCCC3[C@H](/C=C/c3ccc(-c4cccc(F)c4)cn3)[C@H]12. The molecule has 0 spiro atoms. The monoisotopic (exact) mass is 405 g/mol. The number of benzene rings is 1. The Morgan fingerprint density at radius 1 is 1.13 bits per heavy atom. The zero-order valence-electron chi connectivity index (χ0n) is 17.3. The van der Waals surface area contributed by atoms with Gasteiger partial charge in [-0.1, -0.05) is 43.5 Å². The highest BCUT2D eigenvalue weighted by molar-refractivity contribution is 5.75. The van der Waals surface area contributed by atoms with Gasteiger partial charge in [-0.3, -0.25) is 9.78 Å². The summed E-state index contributed by atoms with van der Waals surface area (Å²) in [4.78, 5) is 17.0. The fraction of sp³-hybridized carbons (Fsp3) is 0.462. The molecule has 3 aliphatic rings. The van der Waals surface area contributed by atoms with Gasteiger partial charge >= 0.3 is 5.97 Å². The van der Waals surface area contributed by atoms with Gasteiger partial charge in [-0.15, -0.1) is 0 Å². The summed E-state index contributed by atoms with van der Waals surface area (Å²) in [7, 11) is 0. The Bertz CT molecular complexity index is 954. The second-order valence-corrected chi connectivity index (χ2v) is 9.19. The lowest BCUT2D eigenvalue weighted by Gasteiger charge is -2.45. The maximum Gasteiger partial charge on any atom is 0.309 e. The molecule has 2 saturated carbocycles. The molecule has 1 aliphatic heterocycles. The number of fused-ring (bicyclic) bond motifs is 2. The minimum absolute atomic E-state index is 0.00694. The quantitative estimate of drug-likeness (QED) is 0.597. The van der Waals surface area contributed by atoms with Crippen molar-refractivity contribution in [2.75, 3.05) is 0 Å². The van der Waals surface area contributed by atoms with E-state index in [9.17, 15) is 9.18 Å². The number of allylic oxidation sites excluding steroid dienone is 1. The number of cyclic esters (lactones) is 1. The van der Waals surface area contributed by atoms with Crippen LogP contribution >= 0.6 is 0 Å². The maximum absolute atomic E-state index is 13.5. The van der Waals surface area contributed by atoms with Crippen LogP contribution in [0.2, 0.25) is 0 Å². The van der Waals surface area contributed by atoms with E-state index in [-0.39, 0.29) is 29.7 Å². The van der Waals surface area contributed by atoms with Gasteiger partial charge < -0.3 is 4.74 Å². The Morgan fingerprint density at radius 3 is 2.80 bits per heavy atom. The Hall–Kier alpha value is -2.49. The molecule has 5 rings (SSSR count). The zero-order chi connectivity index (χ0) is 20.7. The van der Waals surface area contributed by atoms with Crippen molar-refractivity contribution < 1.29 is 13.9 Å². The summed E-state index contributed by atoms with van der Waals surface area (Å²) in [5.41, 5.74) is 2.62. The smallest absolute Gasteiger partial charge is 0.309 e. The Kier molecular flexibility index (Phi) is 5.18. The van der Waals surface area contributed by atoms with Gasteiger partial charge in [-0.2, -0.15) is 0 Å². The number of esters is 1. The Balaban J connectivity index is 1.39. The number of hydrogen-bond donors (Lipinski definition) is 0. The second-order valence-electron chi connectivity index (χ2n) is 9.19. The van der Waals surface area contributed by atoms with E-state index in [4.69, 9.17) is 4.74 Å². The topological polar surface area (TPSA) is 39.2 Å². The van der Waals surface area contributed by atoms with Crippen LogP contribution in [0, 0.1) is 35.4 Å². The summed E-state index contributed by atoms with van der Waals surface area (Å²) < 4.78 is 19.1. The first-order valence-corrected chi connectivity index (χ1v) is 11.2. The minimum atomic E-state index is -0.243. The molecule has 156 valence electrons. The highest BCUT2D eigenvalue weighted by Gasteiger charge is 2.53. The number of carbonyl (C=O) groups is 1. The van der Waals surface area contributed by atoms with Crippen molar-refractivity contribution >= 4 is 12.0 Å². The molecule has 0 bridgehead atoms. The number of nitrogens with zero attached hydrogens (tertiary/aromatic N) is 1. The fourth-order valence-corrected chi connectivity index (χ4v) is 6.14. The van der Waals surface area contributed by atoms with E-state index in [1.165, 1.54) is 37.8 Å². The van der Waals surface area contributed by atoms with Crippen LogP contribution in [0.25, 0.3) is 17.2 Å². The number of hydrogen-bond acceptors (Lipinski definition) is 3. The van der Waals surface area contributed by atoms with Gasteiger partial charge in [0, 0.05) is 17.7 Å². The van der Waals surface area contributed by atoms with Gasteiger partial charge in [-0.05, 0) is 67.4 Å². The molecule has 30 heavy (non-hydrogen) atoms. The lowest BCUT2D eigenvalue weighted by molar-refractivity contribution is -0.144. The predicted octanol–water partition coefficient (Wildman–Crippen LogP) is 5.90. The Labute approximate surface area is 177 Å². The summed E-state index contributed by atoms with van der Waals surface area (Å²) in [6.45, 7) is 2.05. The molecule has 1 unspecified atom stereocenters. The van der Waals surface area contributed by atoms with Crippen LogP contribution < -0.4 is 0 Å². The second kappa shape index (κ2) is 7.98. The number of halogens is 1. The minimum Gasteiger partial charge on any atom is -0.462 e. The highest BCUT2D eigenvalue weighted by atomic mass is 19.1. The van der Waals surface area contributed by atoms with E-state index in [2.05, 4.69) is 24.1 Å². The third-order valence-electron chi connectivity index (χ3n) is 7.51. The normalized spacial score (nSPS) is 33.2. The summed E-state index contributed by atoms with van der Waals surface area (Å²) in [6.07, 6.45) is 12.2. The first-order chi connectivity index (χ1) is 14.6. The first-order valence-electron chi connectivity index (χ1n) is 11.2. The van der Waals surface area contributed by atoms with Crippen molar-refractivity contribution in [3.8, 4) is 11.1 Å². The lowest BCUT2D eigenvalue weighted by Crippen LogP contribution is -2.42. The van der Waals surface area contributed by atoms with Gasteiger partial charge in [0.05, 0.1) is 11.6 Å². The van der Waals surface area contributed by atoms with Crippen molar-refractivity contribution in [1.82, 2.24) is 4.98 Å². The summed E-state index contributed by atoms with van der Waals surface area (Å²) in [6, 6.07) is 10.5. The van der Waals surface area contributed by atoms with E-state index >= 15 is 0 Å². The zero-order valence-corrected chi connectivity index (χ0v) is 17.3. The van der Waals surface area contributed by atoms with E-state index < -0.39 is 0 Å². The molecule has 3 nitrogen and oxygen atoms in total. The van der Waals surface area contributed by atoms with Crippen LogP contribution in [0.15, 0.2) is 48.7 Å². The van der Waals surface area contributed by atoms with Gasteiger partial charge in [0.25, 0.3) is 0 Å². The molecule has 1 saturated heterocycles. The molecule has 2 aromatic rings. The number of carbonyl (C=O) groups excluding carboxylic acids is 1. The molecule has 1 aromatic heterocycles. The standard InChI is InChI=1S/C26H28FNO2/c1-16-25-23(22-8-3-2-5-18(22)14-24(25)26(29)30-16)12-11-21-10-9-19(15-28-21)17-6-4-7-20(27)13-17/h4,6-7,9-13,15-16,18,22-25H,2-3,5,8,14H2,1H3/b12-11+/t16-,18+,22?,23+,24-,25+/m1/s1. The van der Waals surface area contributed by atoms with Gasteiger partial charge in [0.1, 0.15) is 11.9 Å². The molecule has 4 heteroatoms. The molecule has 6 atom stereocenters. The van der Waals surface area contributed by atoms with Crippen molar-refractivity contribution in [2.45, 2.75) is 45.1 Å². The van der Waals surface area contributed by atoms with Gasteiger partial charge in [0.2, 0.25) is 0 Å². The lowest BCUT2D eigenvalue weighted by atomic mass is 9.57. The van der Waals surface area contributed by atoms with Crippen molar-refractivity contribution in [1.29, 1.82) is 0 Å².